The average Bonchev–Trinajstić information content (AvgIpc) is 3.32. The topological polar surface area (TPSA) is 72.2 Å². The van der Waals surface area contributed by atoms with Crippen molar-refractivity contribution in [1.29, 1.82) is 0 Å². The predicted octanol–water partition coefficient (Wildman–Crippen LogP) is 5.70. The molecular weight excluding hydrogens is 424 g/mol. The SMILES string of the molecule is O=C(Cc1cccc2ccccc12)NCCC(C(=O)c1nc2ccccc2o1)c1ccccc1. The Labute approximate surface area is 197 Å². The van der Waals surface area contributed by atoms with E-state index in [9.17, 15) is 9.59 Å². The minimum atomic E-state index is -0.466. The molecule has 5 heteroatoms. The maximum absolute atomic E-state index is 13.4. The van der Waals surface area contributed by atoms with Gasteiger partial charge in [0.15, 0.2) is 5.58 Å². The molecule has 34 heavy (non-hydrogen) atoms. The van der Waals surface area contributed by atoms with Gasteiger partial charge < -0.3 is 9.73 Å². The number of hydrogen-bond acceptors (Lipinski definition) is 4. The fourth-order valence-electron chi connectivity index (χ4n) is 4.30. The number of Topliss-reactive ketones (excluding diaryl/α,β-unsaturated/α-hetero) is 1. The van der Waals surface area contributed by atoms with Gasteiger partial charge in [0.25, 0.3) is 5.89 Å². The lowest BCUT2D eigenvalue weighted by Crippen LogP contribution is -2.28. The number of aromatic nitrogens is 1. The van der Waals surface area contributed by atoms with Gasteiger partial charge in [-0.15, -0.1) is 0 Å². The molecule has 1 atom stereocenters. The molecule has 1 heterocycles. The summed E-state index contributed by atoms with van der Waals surface area (Å²) >= 11 is 0. The largest absolute Gasteiger partial charge is 0.434 e. The average molecular weight is 449 g/mol. The molecule has 0 aliphatic carbocycles. The highest BCUT2D eigenvalue weighted by atomic mass is 16.4. The number of oxazole rings is 1. The standard InChI is InChI=1S/C29H24N2O3/c32-27(19-22-13-8-12-20-11-4-5-14-23(20)22)30-18-17-24(21-9-2-1-3-10-21)28(33)29-31-25-15-6-7-16-26(25)34-29/h1-16,24H,17-19H2,(H,30,32). The van der Waals surface area contributed by atoms with Crippen LogP contribution in [0.25, 0.3) is 21.9 Å². The van der Waals surface area contributed by atoms with E-state index >= 15 is 0 Å². The van der Waals surface area contributed by atoms with E-state index in [0.717, 1.165) is 21.9 Å². The molecule has 0 fully saturated rings. The molecule has 5 aromatic rings. The quantitative estimate of drug-likeness (QED) is 0.309. The fraction of sp³-hybridized carbons (Fsp3) is 0.138. The van der Waals surface area contributed by atoms with Gasteiger partial charge in [0, 0.05) is 6.54 Å². The lowest BCUT2D eigenvalue weighted by Gasteiger charge is -2.15. The number of rotatable bonds is 8. The zero-order valence-electron chi connectivity index (χ0n) is 18.6. The summed E-state index contributed by atoms with van der Waals surface area (Å²) < 4.78 is 5.73. The lowest BCUT2D eigenvalue weighted by molar-refractivity contribution is -0.120. The monoisotopic (exact) mass is 448 g/mol. The summed E-state index contributed by atoms with van der Waals surface area (Å²) in [7, 11) is 0. The Morgan fingerprint density at radius 2 is 1.56 bits per heavy atom. The number of amides is 1. The molecule has 4 aromatic carbocycles. The van der Waals surface area contributed by atoms with Crippen molar-refractivity contribution in [3.8, 4) is 0 Å². The van der Waals surface area contributed by atoms with Crippen LogP contribution in [0.2, 0.25) is 0 Å². The first-order valence-corrected chi connectivity index (χ1v) is 11.4. The molecule has 0 bridgehead atoms. The Kier molecular flexibility index (Phi) is 6.17. The van der Waals surface area contributed by atoms with Gasteiger partial charge in [-0.3, -0.25) is 9.59 Å². The van der Waals surface area contributed by atoms with Crippen molar-refractivity contribution in [3.63, 3.8) is 0 Å². The van der Waals surface area contributed by atoms with Gasteiger partial charge in [0.2, 0.25) is 11.7 Å². The Bertz CT molecular complexity index is 1420. The highest BCUT2D eigenvalue weighted by Crippen LogP contribution is 2.26. The first-order chi connectivity index (χ1) is 16.7. The van der Waals surface area contributed by atoms with Gasteiger partial charge in [-0.05, 0) is 40.5 Å². The molecule has 168 valence electrons. The molecule has 0 spiro atoms. The van der Waals surface area contributed by atoms with Crippen LogP contribution in [0.4, 0.5) is 0 Å². The highest BCUT2D eigenvalue weighted by molar-refractivity contribution is 5.99. The van der Waals surface area contributed by atoms with Crippen molar-refractivity contribution in [2.45, 2.75) is 18.8 Å². The van der Waals surface area contributed by atoms with Gasteiger partial charge in [-0.25, -0.2) is 4.98 Å². The smallest absolute Gasteiger partial charge is 0.264 e. The minimum Gasteiger partial charge on any atom is -0.434 e. The van der Waals surface area contributed by atoms with E-state index in [2.05, 4.69) is 10.3 Å². The van der Waals surface area contributed by atoms with Crippen LogP contribution in [-0.2, 0) is 11.2 Å². The van der Waals surface area contributed by atoms with Gasteiger partial charge >= 0.3 is 0 Å². The van der Waals surface area contributed by atoms with E-state index in [4.69, 9.17) is 4.42 Å². The Morgan fingerprint density at radius 3 is 2.41 bits per heavy atom. The number of para-hydroxylation sites is 2. The maximum Gasteiger partial charge on any atom is 0.264 e. The van der Waals surface area contributed by atoms with Gasteiger partial charge in [0.1, 0.15) is 5.52 Å². The molecule has 1 aromatic heterocycles. The fourth-order valence-corrected chi connectivity index (χ4v) is 4.30. The normalized spacial score (nSPS) is 12.0. The van der Waals surface area contributed by atoms with Crippen molar-refractivity contribution in [1.82, 2.24) is 10.3 Å². The van der Waals surface area contributed by atoms with Crippen molar-refractivity contribution in [2.24, 2.45) is 0 Å². The second kappa shape index (κ2) is 9.71. The molecule has 1 amide bonds. The van der Waals surface area contributed by atoms with Crippen LogP contribution >= 0.6 is 0 Å². The molecule has 0 saturated heterocycles. The van der Waals surface area contributed by atoms with E-state index in [1.807, 2.05) is 91.0 Å². The first kappa shape index (κ1) is 21.6. The summed E-state index contributed by atoms with van der Waals surface area (Å²) in [6.07, 6.45) is 0.735. The van der Waals surface area contributed by atoms with E-state index in [-0.39, 0.29) is 24.0 Å². The summed E-state index contributed by atoms with van der Waals surface area (Å²) in [5.41, 5.74) is 3.10. The predicted molar refractivity (Wildman–Crippen MR) is 133 cm³/mol. The number of benzene rings is 4. The lowest BCUT2D eigenvalue weighted by atomic mass is 9.91. The molecule has 0 saturated carbocycles. The van der Waals surface area contributed by atoms with Gasteiger partial charge in [0.05, 0.1) is 12.3 Å². The van der Waals surface area contributed by atoms with Crippen LogP contribution in [0.3, 0.4) is 0 Å². The van der Waals surface area contributed by atoms with Crippen molar-refractivity contribution < 1.29 is 14.0 Å². The number of carbonyl (C=O) groups excluding carboxylic acids is 2. The van der Waals surface area contributed by atoms with Crippen molar-refractivity contribution in [2.75, 3.05) is 6.54 Å². The van der Waals surface area contributed by atoms with Crippen molar-refractivity contribution in [3.05, 3.63) is 114 Å². The number of fused-ring (bicyclic) bond motifs is 2. The second-order valence-electron chi connectivity index (χ2n) is 8.27. The van der Waals surface area contributed by atoms with Gasteiger partial charge in [-0.2, -0.15) is 0 Å². The minimum absolute atomic E-state index is 0.0718. The molecule has 0 aliphatic rings. The van der Waals surface area contributed by atoms with Crippen LogP contribution in [0.1, 0.15) is 34.2 Å². The molecule has 0 radical (unpaired) electrons. The number of ketones is 1. The van der Waals surface area contributed by atoms with E-state index in [0.29, 0.717) is 24.1 Å². The summed E-state index contributed by atoms with van der Waals surface area (Å²) in [5, 5.41) is 5.18. The maximum atomic E-state index is 13.4. The van der Waals surface area contributed by atoms with E-state index in [1.165, 1.54) is 0 Å². The molecule has 5 nitrogen and oxygen atoms in total. The molecule has 1 unspecified atom stereocenters. The summed E-state index contributed by atoms with van der Waals surface area (Å²) in [5.74, 6) is -0.632. The number of hydrogen-bond donors (Lipinski definition) is 1. The molecule has 5 rings (SSSR count). The van der Waals surface area contributed by atoms with Crippen LogP contribution in [0.15, 0.2) is 101 Å². The molecule has 1 N–H and O–H groups in total. The molecular formula is C29H24N2O3. The van der Waals surface area contributed by atoms with Crippen LogP contribution in [-0.4, -0.2) is 23.2 Å². The van der Waals surface area contributed by atoms with Crippen molar-refractivity contribution >= 4 is 33.6 Å². The number of nitrogens with one attached hydrogen (secondary N) is 1. The van der Waals surface area contributed by atoms with Gasteiger partial charge in [-0.1, -0.05) is 84.9 Å². The summed E-state index contributed by atoms with van der Waals surface area (Å²) in [4.78, 5) is 30.4. The summed E-state index contributed by atoms with van der Waals surface area (Å²) in [6, 6.07) is 30.9. The Hall–Kier alpha value is -4.25. The number of carbonyl (C=O) groups is 2. The van der Waals surface area contributed by atoms with Crippen LogP contribution in [0, 0.1) is 0 Å². The van der Waals surface area contributed by atoms with Crippen LogP contribution < -0.4 is 5.32 Å². The zero-order chi connectivity index (χ0) is 23.3. The molecule has 0 aliphatic heterocycles. The zero-order valence-corrected chi connectivity index (χ0v) is 18.6. The number of nitrogens with zero attached hydrogens (tertiary/aromatic N) is 1. The third kappa shape index (κ3) is 4.59. The van der Waals surface area contributed by atoms with E-state index in [1.54, 1.807) is 6.07 Å². The third-order valence-electron chi connectivity index (χ3n) is 6.01. The highest BCUT2D eigenvalue weighted by Gasteiger charge is 2.26. The van der Waals surface area contributed by atoms with E-state index < -0.39 is 5.92 Å². The second-order valence-corrected chi connectivity index (χ2v) is 8.27. The van der Waals surface area contributed by atoms with Crippen LogP contribution in [0.5, 0.6) is 0 Å². The first-order valence-electron chi connectivity index (χ1n) is 11.4. The Morgan fingerprint density at radius 1 is 0.824 bits per heavy atom. The third-order valence-corrected chi connectivity index (χ3v) is 6.01. The summed E-state index contributed by atoms with van der Waals surface area (Å²) in [6.45, 7) is 0.370. The Balaban J connectivity index is 1.29.